The first-order chi connectivity index (χ1) is 11.5. The second-order valence-electron chi connectivity index (χ2n) is 6.58. The molecule has 2 N–H and O–H groups in total. The number of likely N-dealkylation sites (tertiary alicyclic amines) is 1. The number of hydrogen-bond acceptors (Lipinski definition) is 5. The van der Waals surface area contributed by atoms with Gasteiger partial charge < -0.3 is 15.4 Å². The van der Waals surface area contributed by atoms with Gasteiger partial charge in [-0.1, -0.05) is 24.9 Å². The number of methoxy groups -OCH3 is 1. The molecule has 0 amide bonds. The van der Waals surface area contributed by atoms with Gasteiger partial charge in [-0.2, -0.15) is 4.98 Å². The van der Waals surface area contributed by atoms with Crippen molar-refractivity contribution in [3.63, 3.8) is 0 Å². The van der Waals surface area contributed by atoms with Crippen LogP contribution >= 0.6 is 11.6 Å². The Hall–Kier alpha value is -1.33. The first-order valence-corrected chi connectivity index (χ1v) is 9.14. The summed E-state index contributed by atoms with van der Waals surface area (Å²) in [4.78, 5) is 19.0. The standard InChI is InChI=1S/C18H28ClN3O2/c1-3-4-7-22-8-5-13(6-9-22)10-15(23)11-14-12-16(19)17(20)21-18(14)24-2/h12-13H,3-11H2,1-2H3,(H2,20,21). The van der Waals surface area contributed by atoms with E-state index < -0.39 is 0 Å². The molecule has 24 heavy (non-hydrogen) atoms. The summed E-state index contributed by atoms with van der Waals surface area (Å²) in [6.07, 6.45) is 5.62. The third kappa shape index (κ3) is 5.35. The quantitative estimate of drug-likeness (QED) is 0.776. The number of nitrogens with two attached hydrogens (primary N) is 1. The molecule has 0 atom stereocenters. The van der Waals surface area contributed by atoms with Gasteiger partial charge in [-0.25, -0.2) is 0 Å². The van der Waals surface area contributed by atoms with Gasteiger partial charge in [-0.15, -0.1) is 0 Å². The molecule has 134 valence electrons. The molecule has 2 rings (SSSR count). The van der Waals surface area contributed by atoms with E-state index in [-0.39, 0.29) is 11.6 Å². The second-order valence-corrected chi connectivity index (χ2v) is 6.99. The molecule has 1 saturated heterocycles. The number of pyridine rings is 1. The third-order valence-electron chi connectivity index (χ3n) is 4.67. The van der Waals surface area contributed by atoms with Crippen molar-refractivity contribution in [2.45, 2.75) is 45.4 Å². The van der Waals surface area contributed by atoms with Crippen molar-refractivity contribution < 1.29 is 9.53 Å². The van der Waals surface area contributed by atoms with E-state index in [9.17, 15) is 4.79 Å². The fourth-order valence-corrected chi connectivity index (χ4v) is 3.40. The minimum Gasteiger partial charge on any atom is -0.481 e. The summed E-state index contributed by atoms with van der Waals surface area (Å²) in [5.74, 6) is 1.31. The van der Waals surface area contributed by atoms with Crippen LogP contribution in [0.25, 0.3) is 0 Å². The summed E-state index contributed by atoms with van der Waals surface area (Å²) in [7, 11) is 1.52. The molecule has 0 spiro atoms. The molecule has 5 nitrogen and oxygen atoms in total. The Labute approximate surface area is 149 Å². The van der Waals surface area contributed by atoms with Gasteiger partial charge >= 0.3 is 0 Å². The van der Waals surface area contributed by atoms with Crippen LogP contribution in [0, 0.1) is 5.92 Å². The Kier molecular flexibility index (Phi) is 7.31. The molecule has 6 heteroatoms. The first-order valence-electron chi connectivity index (χ1n) is 8.76. The van der Waals surface area contributed by atoms with Crippen LogP contribution in [0.3, 0.4) is 0 Å². The SMILES string of the molecule is CCCCN1CCC(CC(=O)Cc2cc(Cl)c(N)nc2OC)CC1. The highest BCUT2D eigenvalue weighted by Crippen LogP contribution is 2.27. The number of unbranched alkanes of at least 4 members (excludes halogenated alkanes) is 1. The van der Waals surface area contributed by atoms with Crippen LogP contribution in [0.5, 0.6) is 5.88 Å². The molecule has 0 saturated carbocycles. The highest BCUT2D eigenvalue weighted by molar-refractivity contribution is 6.32. The van der Waals surface area contributed by atoms with Crippen molar-refractivity contribution in [3.8, 4) is 5.88 Å². The summed E-state index contributed by atoms with van der Waals surface area (Å²) >= 11 is 6.02. The molecule has 0 radical (unpaired) electrons. The number of hydrogen-bond donors (Lipinski definition) is 1. The lowest BCUT2D eigenvalue weighted by atomic mass is 9.90. The number of carbonyl (C=O) groups excluding carboxylic acids is 1. The van der Waals surface area contributed by atoms with Crippen molar-refractivity contribution in [1.29, 1.82) is 0 Å². The van der Waals surface area contributed by atoms with Crippen LogP contribution in [0.15, 0.2) is 6.07 Å². The largest absolute Gasteiger partial charge is 0.481 e. The third-order valence-corrected chi connectivity index (χ3v) is 4.98. The van der Waals surface area contributed by atoms with Gasteiger partial charge in [0.1, 0.15) is 11.6 Å². The molecule has 1 aromatic rings. The Morgan fingerprint density at radius 3 is 2.79 bits per heavy atom. The Morgan fingerprint density at radius 2 is 2.17 bits per heavy atom. The van der Waals surface area contributed by atoms with Crippen molar-refractivity contribution in [1.82, 2.24) is 9.88 Å². The van der Waals surface area contributed by atoms with Gasteiger partial charge in [0, 0.05) is 18.4 Å². The molecule has 0 unspecified atom stereocenters. The minimum absolute atomic E-state index is 0.211. The van der Waals surface area contributed by atoms with E-state index in [1.807, 2.05) is 0 Å². The molecule has 0 aliphatic carbocycles. The molecular weight excluding hydrogens is 326 g/mol. The van der Waals surface area contributed by atoms with E-state index >= 15 is 0 Å². The van der Waals surface area contributed by atoms with Gasteiger partial charge in [-0.05, 0) is 50.9 Å². The maximum Gasteiger partial charge on any atom is 0.218 e. The zero-order valence-corrected chi connectivity index (χ0v) is 15.4. The normalized spacial score (nSPS) is 16.3. The number of piperidine rings is 1. The number of halogens is 1. The molecule has 1 aliphatic heterocycles. The van der Waals surface area contributed by atoms with Gasteiger partial charge in [0.2, 0.25) is 5.88 Å². The number of nitrogen functional groups attached to an aromatic ring is 1. The number of ether oxygens (including phenoxy) is 1. The minimum atomic E-state index is 0.211. The molecule has 1 fully saturated rings. The lowest BCUT2D eigenvalue weighted by Crippen LogP contribution is -2.35. The zero-order valence-electron chi connectivity index (χ0n) is 14.7. The zero-order chi connectivity index (χ0) is 17.5. The Morgan fingerprint density at radius 1 is 1.46 bits per heavy atom. The van der Waals surface area contributed by atoms with E-state index in [4.69, 9.17) is 22.1 Å². The van der Waals surface area contributed by atoms with Crippen molar-refractivity contribution in [3.05, 3.63) is 16.7 Å². The second kappa shape index (κ2) is 9.23. The van der Waals surface area contributed by atoms with Crippen LogP contribution in [-0.2, 0) is 11.2 Å². The summed E-state index contributed by atoms with van der Waals surface area (Å²) < 4.78 is 5.21. The highest BCUT2D eigenvalue weighted by atomic mass is 35.5. The van der Waals surface area contributed by atoms with E-state index in [1.54, 1.807) is 6.07 Å². The van der Waals surface area contributed by atoms with E-state index in [0.29, 0.717) is 35.2 Å². The van der Waals surface area contributed by atoms with Crippen LogP contribution in [0.1, 0.15) is 44.6 Å². The van der Waals surface area contributed by atoms with Gasteiger partial charge in [0.05, 0.1) is 12.1 Å². The van der Waals surface area contributed by atoms with E-state index in [2.05, 4.69) is 16.8 Å². The number of rotatable bonds is 8. The highest BCUT2D eigenvalue weighted by Gasteiger charge is 2.22. The predicted octanol–water partition coefficient (Wildman–Crippen LogP) is 3.34. The summed E-state index contributed by atoms with van der Waals surface area (Å²) in [5, 5.41) is 0.364. The fourth-order valence-electron chi connectivity index (χ4n) is 3.23. The number of carbonyl (C=O) groups is 1. The Bertz CT molecular complexity index is 557. The Balaban J connectivity index is 1.85. The van der Waals surface area contributed by atoms with Crippen LogP contribution in [0.4, 0.5) is 5.82 Å². The maximum absolute atomic E-state index is 12.4. The van der Waals surface area contributed by atoms with E-state index in [0.717, 1.165) is 25.9 Å². The number of ketones is 1. The average Bonchev–Trinajstić information content (AvgIpc) is 2.57. The summed E-state index contributed by atoms with van der Waals surface area (Å²) in [6, 6.07) is 1.69. The number of anilines is 1. The predicted molar refractivity (Wildman–Crippen MR) is 97.6 cm³/mol. The van der Waals surface area contributed by atoms with Crippen molar-refractivity contribution in [2.75, 3.05) is 32.5 Å². The molecule has 0 aromatic carbocycles. The number of Topliss-reactive ketones (excluding diaryl/α,β-unsaturated/α-hetero) is 1. The van der Waals surface area contributed by atoms with Gasteiger partial charge in [0.25, 0.3) is 0 Å². The van der Waals surface area contributed by atoms with Crippen LogP contribution < -0.4 is 10.5 Å². The molecule has 2 heterocycles. The van der Waals surface area contributed by atoms with Crippen molar-refractivity contribution >= 4 is 23.2 Å². The number of nitrogens with zero attached hydrogens (tertiary/aromatic N) is 2. The number of aromatic nitrogens is 1. The van der Waals surface area contributed by atoms with Gasteiger partial charge in [-0.3, -0.25) is 4.79 Å². The molecular formula is C18H28ClN3O2. The van der Waals surface area contributed by atoms with Crippen LogP contribution in [0.2, 0.25) is 5.02 Å². The molecule has 1 aliphatic rings. The summed E-state index contributed by atoms with van der Waals surface area (Å²) in [5.41, 5.74) is 6.39. The smallest absolute Gasteiger partial charge is 0.218 e. The van der Waals surface area contributed by atoms with Crippen molar-refractivity contribution in [2.24, 2.45) is 5.92 Å². The summed E-state index contributed by atoms with van der Waals surface area (Å²) in [6.45, 7) is 5.62. The molecule has 0 bridgehead atoms. The van der Waals surface area contributed by atoms with E-state index in [1.165, 1.54) is 26.5 Å². The maximum atomic E-state index is 12.4. The fraction of sp³-hybridized carbons (Fsp3) is 0.667. The first kappa shape index (κ1) is 19.0. The average molecular weight is 354 g/mol. The monoisotopic (exact) mass is 353 g/mol. The lowest BCUT2D eigenvalue weighted by Gasteiger charge is -2.31. The van der Waals surface area contributed by atoms with Gasteiger partial charge in [0.15, 0.2) is 0 Å². The van der Waals surface area contributed by atoms with Crippen LogP contribution in [-0.4, -0.2) is 42.4 Å². The lowest BCUT2D eigenvalue weighted by molar-refractivity contribution is -0.119. The molecule has 1 aromatic heterocycles. The topological polar surface area (TPSA) is 68.5 Å².